The molecule has 0 saturated carbocycles. The van der Waals surface area contributed by atoms with E-state index in [4.69, 9.17) is 9.97 Å². The van der Waals surface area contributed by atoms with Crippen LogP contribution < -0.4 is 0 Å². The monoisotopic (exact) mass is 620 g/mol. The van der Waals surface area contributed by atoms with Gasteiger partial charge in [-0.3, -0.25) is 9.38 Å². The average molecular weight is 621 g/mol. The summed E-state index contributed by atoms with van der Waals surface area (Å²) in [6.45, 7) is 4.68. The second-order valence-electron chi connectivity index (χ2n) is 12.9. The standard InChI is InChI=1S/C42H28N4S/c1-42(2)33-22-27(17-19-30(33)31-20-18-28(23-34(31)42)29-8-7-21-43-24-29)25-13-15-26(16-14-25)38-40-39(32-9-3-4-10-35(32)44-38)45-41-46(40)36-11-5-6-12-37(36)47-41/h3-24H,1-2H3. The molecule has 4 nitrogen and oxygen atoms in total. The maximum absolute atomic E-state index is 5.24. The Morgan fingerprint density at radius 1 is 0.617 bits per heavy atom. The summed E-state index contributed by atoms with van der Waals surface area (Å²) in [7, 11) is 0. The van der Waals surface area contributed by atoms with Crippen molar-refractivity contribution in [1.82, 2.24) is 19.4 Å². The SMILES string of the molecule is CC1(C)c2cc(-c3ccc(-c4nc5ccccc5c5nc6sc7ccccc7n6c45)cc3)ccc2-c2ccc(-c3cccnc3)cc21. The minimum atomic E-state index is -0.115. The summed E-state index contributed by atoms with van der Waals surface area (Å²) in [5.41, 5.74) is 16.2. The highest BCUT2D eigenvalue weighted by Crippen LogP contribution is 2.50. The third-order valence-corrected chi connectivity index (χ3v) is 11.0. The summed E-state index contributed by atoms with van der Waals surface area (Å²) in [6, 6.07) is 43.7. The zero-order valence-corrected chi connectivity index (χ0v) is 26.7. The van der Waals surface area contributed by atoms with Crippen molar-refractivity contribution in [2.24, 2.45) is 0 Å². The first-order valence-electron chi connectivity index (χ1n) is 15.9. The van der Waals surface area contributed by atoms with E-state index in [-0.39, 0.29) is 5.41 Å². The van der Waals surface area contributed by atoms with Crippen molar-refractivity contribution in [3.05, 3.63) is 145 Å². The first kappa shape index (κ1) is 26.6. The van der Waals surface area contributed by atoms with Gasteiger partial charge in [0.2, 0.25) is 0 Å². The molecule has 0 bridgehead atoms. The number of thiazole rings is 1. The molecule has 5 heteroatoms. The number of para-hydroxylation sites is 2. The molecular weight excluding hydrogens is 593 g/mol. The van der Waals surface area contributed by atoms with E-state index in [1.807, 2.05) is 18.5 Å². The van der Waals surface area contributed by atoms with Crippen molar-refractivity contribution in [3.63, 3.8) is 0 Å². The molecular formula is C42H28N4S. The number of pyridine rings is 2. The third kappa shape index (κ3) is 3.84. The minimum Gasteiger partial charge on any atom is -0.281 e. The van der Waals surface area contributed by atoms with Gasteiger partial charge in [-0.15, -0.1) is 0 Å². The van der Waals surface area contributed by atoms with Gasteiger partial charge in [-0.25, -0.2) is 9.97 Å². The molecule has 222 valence electrons. The summed E-state index contributed by atoms with van der Waals surface area (Å²) >= 11 is 1.73. The fourth-order valence-electron chi connectivity index (χ4n) is 7.52. The number of imidazole rings is 1. The largest absolute Gasteiger partial charge is 0.281 e. The van der Waals surface area contributed by atoms with Gasteiger partial charge in [0.05, 0.1) is 21.4 Å². The lowest BCUT2D eigenvalue weighted by atomic mass is 9.81. The summed E-state index contributed by atoms with van der Waals surface area (Å²) in [6.07, 6.45) is 3.76. The lowest BCUT2D eigenvalue weighted by Gasteiger charge is -2.22. The Morgan fingerprint density at radius 2 is 1.30 bits per heavy atom. The molecule has 0 fully saturated rings. The van der Waals surface area contributed by atoms with Crippen LogP contribution in [0.15, 0.2) is 134 Å². The zero-order valence-electron chi connectivity index (χ0n) is 25.9. The molecule has 10 rings (SSSR count). The van der Waals surface area contributed by atoms with E-state index in [0.717, 1.165) is 43.7 Å². The highest BCUT2D eigenvalue weighted by molar-refractivity contribution is 7.23. The van der Waals surface area contributed by atoms with Crippen LogP contribution in [0.4, 0.5) is 0 Å². The minimum absolute atomic E-state index is 0.115. The van der Waals surface area contributed by atoms with Crippen LogP contribution in [0.3, 0.4) is 0 Å². The van der Waals surface area contributed by atoms with E-state index in [9.17, 15) is 0 Å². The lowest BCUT2D eigenvalue weighted by Crippen LogP contribution is -2.15. The van der Waals surface area contributed by atoms with E-state index in [0.29, 0.717) is 0 Å². The molecule has 0 N–H and O–H groups in total. The molecule has 9 aromatic rings. The predicted octanol–water partition coefficient (Wildman–Crippen LogP) is 11.0. The Morgan fingerprint density at radius 3 is 2.06 bits per heavy atom. The lowest BCUT2D eigenvalue weighted by molar-refractivity contribution is 0.661. The molecule has 0 unspecified atom stereocenters. The van der Waals surface area contributed by atoms with Gasteiger partial charge in [0.25, 0.3) is 0 Å². The molecule has 0 atom stereocenters. The summed E-state index contributed by atoms with van der Waals surface area (Å²) in [5, 5.41) is 1.08. The fraction of sp³-hybridized carbons (Fsp3) is 0.0714. The maximum Gasteiger partial charge on any atom is 0.195 e. The van der Waals surface area contributed by atoms with Gasteiger partial charge in [-0.2, -0.15) is 0 Å². The zero-order chi connectivity index (χ0) is 31.3. The van der Waals surface area contributed by atoms with E-state index in [1.54, 1.807) is 11.3 Å². The Hall–Kier alpha value is -5.65. The summed E-state index contributed by atoms with van der Waals surface area (Å²) in [4.78, 5) is 15.7. The molecule has 0 radical (unpaired) electrons. The number of hydrogen-bond donors (Lipinski definition) is 0. The number of hydrogen-bond acceptors (Lipinski definition) is 4. The van der Waals surface area contributed by atoms with Gasteiger partial charge in [0.1, 0.15) is 11.0 Å². The topological polar surface area (TPSA) is 43.1 Å². The number of benzene rings is 5. The van der Waals surface area contributed by atoms with E-state index in [2.05, 4.69) is 138 Å². The summed E-state index contributed by atoms with van der Waals surface area (Å²) < 4.78 is 3.51. The highest BCUT2D eigenvalue weighted by Gasteiger charge is 2.36. The van der Waals surface area contributed by atoms with Crippen molar-refractivity contribution >= 4 is 48.5 Å². The summed E-state index contributed by atoms with van der Waals surface area (Å²) in [5.74, 6) is 0. The quantitative estimate of drug-likeness (QED) is 0.197. The molecule has 1 aliphatic carbocycles. The average Bonchev–Trinajstić information content (AvgIpc) is 3.74. The highest BCUT2D eigenvalue weighted by atomic mass is 32.1. The Bertz CT molecular complexity index is 2690. The van der Waals surface area contributed by atoms with Gasteiger partial charge in [0.15, 0.2) is 4.96 Å². The second kappa shape index (κ2) is 9.68. The number of aromatic nitrogens is 4. The number of rotatable bonds is 3. The van der Waals surface area contributed by atoms with Crippen molar-refractivity contribution in [2.75, 3.05) is 0 Å². The molecule has 0 saturated heterocycles. The second-order valence-corrected chi connectivity index (χ2v) is 13.9. The first-order valence-corrected chi connectivity index (χ1v) is 16.8. The van der Waals surface area contributed by atoms with Crippen LogP contribution in [-0.2, 0) is 5.41 Å². The third-order valence-electron chi connectivity index (χ3n) is 9.93. The van der Waals surface area contributed by atoms with Crippen LogP contribution in [0.5, 0.6) is 0 Å². The van der Waals surface area contributed by atoms with Crippen LogP contribution >= 0.6 is 11.3 Å². The van der Waals surface area contributed by atoms with Crippen LogP contribution in [0, 0.1) is 0 Å². The van der Waals surface area contributed by atoms with Crippen molar-refractivity contribution < 1.29 is 0 Å². The van der Waals surface area contributed by atoms with Crippen LogP contribution in [0.25, 0.3) is 81.8 Å². The molecule has 1 aliphatic rings. The molecule has 5 aromatic carbocycles. The Labute approximate surface area is 275 Å². The van der Waals surface area contributed by atoms with Crippen molar-refractivity contribution in [2.45, 2.75) is 19.3 Å². The van der Waals surface area contributed by atoms with Gasteiger partial charge in [0, 0.05) is 28.8 Å². The number of fused-ring (bicyclic) bond motifs is 10. The van der Waals surface area contributed by atoms with E-state index >= 15 is 0 Å². The molecule has 0 spiro atoms. The van der Waals surface area contributed by atoms with Crippen LogP contribution in [0.1, 0.15) is 25.0 Å². The normalized spacial score (nSPS) is 13.5. The van der Waals surface area contributed by atoms with E-state index < -0.39 is 0 Å². The van der Waals surface area contributed by atoms with Gasteiger partial charge in [-0.1, -0.05) is 110 Å². The Kier molecular flexibility index (Phi) is 5.47. The molecule has 0 amide bonds. The van der Waals surface area contributed by atoms with Crippen molar-refractivity contribution in [3.8, 4) is 44.6 Å². The maximum atomic E-state index is 5.24. The van der Waals surface area contributed by atoms with Gasteiger partial charge in [-0.05, 0) is 80.9 Å². The van der Waals surface area contributed by atoms with Gasteiger partial charge < -0.3 is 0 Å². The predicted molar refractivity (Wildman–Crippen MR) is 195 cm³/mol. The van der Waals surface area contributed by atoms with Crippen LogP contribution in [-0.4, -0.2) is 19.4 Å². The molecule has 4 heterocycles. The van der Waals surface area contributed by atoms with Crippen molar-refractivity contribution in [1.29, 1.82) is 0 Å². The number of nitrogens with zero attached hydrogens (tertiary/aromatic N) is 4. The smallest absolute Gasteiger partial charge is 0.195 e. The molecule has 4 aromatic heterocycles. The van der Waals surface area contributed by atoms with Crippen LogP contribution in [0.2, 0.25) is 0 Å². The molecule has 47 heavy (non-hydrogen) atoms. The fourth-order valence-corrected chi connectivity index (χ4v) is 8.55. The van der Waals surface area contributed by atoms with E-state index in [1.165, 1.54) is 49.2 Å². The molecule has 0 aliphatic heterocycles. The first-order chi connectivity index (χ1) is 23.0. The van der Waals surface area contributed by atoms with Gasteiger partial charge >= 0.3 is 0 Å². The Balaban J connectivity index is 1.08.